The number of aromatic nitrogens is 2. The normalized spacial score (nSPS) is 30.4. The van der Waals surface area contributed by atoms with Crippen molar-refractivity contribution >= 4 is 5.65 Å². The molecule has 27 heavy (non-hydrogen) atoms. The van der Waals surface area contributed by atoms with Crippen LogP contribution in [0.4, 0.5) is 0 Å². The molecule has 4 atom stereocenters. The van der Waals surface area contributed by atoms with Crippen molar-refractivity contribution in [3.63, 3.8) is 0 Å². The van der Waals surface area contributed by atoms with Crippen LogP contribution in [0.5, 0.6) is 0 Å². The number of aliphatic hydroxyl groups is 2. The predicted molar refractivity (Wildman–Crippen MR) is 103 cm³/mol. The van der Waals surface area contributed by atoms with E-state index in [2.05, 4.69) is 46.8 Å². The second kappa shape index (κ2) is 6.16. The molecule has 0 amide bonds. The van der Waals surface area contributed by atoms with Crippen molar-refractivity contribution in [3.8, 4) is 0 Å². The highest BCUT2D eigenvalue weighted by Crippen LogP contribution is 2.68. The van der Waals surface area contributed by atoms with Crippen LogP contribution in [-0.2, 0) is 6.54 Å². The van der Waals surface area contributed by atoms with E-state index in [1.54, 1.807) is 0 Å². The Morgan fingerprint density at radius 2 is 1.96 bits per heavy atom. The molecule has 2 fully saturated rings. The topological polar surface area (TPSA) is 61.0 Å². The maximum atomic E-state index is 10.9. The Bertz CT molecular complexity index is 970. The monoisotopic (exact) mass is 363 g/mol. The van der Waals surface area contributed by atoms with Crippen LogP contribution in [0.15, 0.2) is 54.9 Å². The van der Waals surface area contributed by atoms with Gasteiger partial charge in [0, 0.05) is 44.0 Å². The van der Waals surface area contributed by atoms with Crippen LogP contribution in [0.2, 0.25) is 0 Å². The number of nitrogens with zero attached hydrogens (tertiary/aromatic N) is 3. The van der Waals surface area contributed by atoms with E-state index in [1.807, 2.05) is 24.3 Å². The molecule has 140 valence electrons. The van der Waals surface area contributed by atoms with Crippen LogP contribution < -0.4 is 0 Å². The molecule has 1 aromatic carbocycles. The zero-order chi connectivity index (χ0) is 18.6. The fourth-order valence-electron chi connectivity index (χ4n) is 5.24. The van der Waals surface area contributed by atoms with Gasteiger partial charge in [-0.2, -0.15) is 0 Å². The second-order valence-corrected chi connectivity index (χ2v) is 8.18. The molecule has 2 aliphatic rings. The summed E-state index contributed by atoms with van der Waals surface area (Å²) in [5.41, 5.74) is 4.16. The standard InChI is InChI=1S/C22H25N3O2/c1-15-7-8-20-23-17(11-25(20)9-15)10-24-12-19(27)22(14-24)18(13-26)21(22)16-5-3-2-4-6-16/h2-9,11,18-19,21,26-27H,10,12-14H2,1H3/t18-,19+,21-,22-/m1/s1. The van der Waals surface area contributed by atoms with Crippen molar-refractivity contribution in [3.05, 3.63) is 71.7 Å². The molecule has 1 saturated carbocycles. The summed E-state index contributed by atoms with van der Waals surface area (Å²) in [6, 6.07) is 14.4. The molecular formula is C22H25N3O2. The first-order valence-corrected chi connectivity index (χ1v) is 9.62. The zero-order valence-corrected chi connectivity index (χ0v) is 15.5. The Kier molecular flexibility index (Phi) is 3.86. The highest BCUT2D eigenvalue weighted by atomic mass is 16.3. The first kappa shape index (κ1) is 16.9. The highest BCUT2D eigenvalue weighted by Gasteiger charge is 2.70. The highest BCUT2D eigenvalue weighted by molar-refractivity contribution is 5.41. The first-order chi connectivity index (χ1) is 13.1. The number of pyridine rings is 1. The van der Waals surface area contributed by atoms with Gasteiger partial charge in [0.15, 0.2) is 0 Å². The quantitative estimate of drug-likeness (QED) is 0.746. The summed E-state index contributed by atoms with van der Waals surface area (Å²) >= 11 is 0. The smallest absolute Gasteiger partial charge is 0.137 e. The molecule has 0 unspecified atom stereocenters. The van der Waals surface area contributed by atoms with E-state index >= 15 is 0 Å². The summed E-state index contributed by atoms with van der Waals surface area (Å²) < 4.78 is 2.06. The van der Waals surface area contributed by atoms with E-state index in [1.165, 1.54) is 11.1 Å². The number of imidazole rings is 1. The van der Waals surface area contributed by atoms with Gasteiger partial charge in [-0.3, -0.25) is 4.90 Å². The minimum absolute atomic E-state index is 0.123. The molecule has 5 nitrogen and oxygen atoms in total. The van der Waals surface area contributed by atoms with Gasteiger partial charge in [-0.15, -0.1) is 0 Å². The number of hydrogen-bond acceptors (Lipinski definition) is 4. The molecule has 2 aromatic heterocycles. The van der Waals surface area contributed by atoms with Crippen molar-refractivity contribution in [1.82, 2.24) is 14.3 Å². The summed E-state index contributed by atoms with van der Waals surface area (Å²) in [6.45, 7) is 4.35. The van der Waals surface area contributed by atoms with Crippen molar-refractivity contribution < 1.29 is 10.2 Å². The number of rotatable bonds is 4. The van der Waals surface area contributed by atoms with Gasteiger partial charge in [-0.05, 0) is 36.0 Å². The Morgan fingerprint density at radius 1 is 1.15 bits per heavy atom. The molecule has 1 aliphatic heterocycles. The van der Waals surface area contributed by atoms with Crippen molar-refractivity contribution in [2.45, 2.75) is 25.5 Å². The van der Waals surface area contributed by atoms with Gasteiger partial charge in [0.05, 0.1) is 11.8 Å². The van der Waals surface area contributed by atoms with Crippen LogP contribution in [0.1, 0.15) is 22.7 Å². The Balaban J connectivity index is 1.37. The van der Waals surface area contributed by atoms with Gasteiger partial charge in [0.2, 0.25) is 0 Å². The SMILES string of the molecule is Cc1ccc2nc(CN3C[C@H](O)[C@@]4(C3)[C@H](CO)[C@H]4c3ccccc3)cn2c1. The molecule has 3 heterocycles. The molecule has 1 aliphatic carbocycles. The van der Waals surface area contributed by atoms with E-state index in [4.69, 9.17) is 4.98 Å². The number of fused-ring (bicyclic) bond motifs is 1. The maximum Gasteiger partial charge on any atom is 0.137 e. The van der Waals surface area contributed by atoms with Gasteiger partial charge in [0.1, 0.15) is 5.65 Å². The number of likely N-dealkylation sites (tertiary alicyclic amines) is 1. The lowest BCUT2D eigenvalue weighted by Gasteiger charge is -2.15. The summed E-state index contributed by atoms with van der Waals surface area (Å²) in [5.74, 6) is 0.357. The summed E-state index contributed by atoms with van der Waals surface area (Å²) in [6.07, 6.45) is 3.74. The third-order valence-electron chi connectivity index (χ3n) is 6.50. The van der Waals surface area contributed by atoms with Gasteiger partial charge < -0.3 is 14.6 Å². The summed E-state index contributed by atoms with van der Waals surface area (Å²) in [5, 5.41) is 20.8. The lowest BCUT2D eigenvalue weighted by Crippen LogP contribution is -2.23. The largest absolute Gasteiger partial charge is 0.396 e. The molecule has 5 rings (SSSR count). The predicted octanol–water partition coefficient (Wildman–Crippen LogP) is 2.21. The van der Waals surface area contributed by atoms with Crippen molar-refractivity contribution in [2.24, 2.45) is 11.3 Å². The lowest BCUT2D eigenvalue weighted by molar-refractivity contribution is 0.111. The fourth-order valence-corrected chi connectivity index (χ4v) is 5.24. The average Bonchev–Trinajstić information content (AvgIpc) is 2.95. The van der Waals surface area contributed by atoms with Gasteiger partial charge >= 0.3 is 0 Å². The Morgan fingerprint density at radius 3 is 2.74 bits per heavy atom. The van der Waals surface area contributed by atoms with E-state index in [-0.39, 0.29) is 23.9 Å². The molecule has 0 bridgehead atoms. The Labute approximate surface area is 158 Å². The molecular weight excluding hydrogens is 338 g/mol. The van der Waals surface area contributed by atoms with Gasteiger partial charge in [0.25, 0.3) is 0 Å². The first-order valence-electron chi connectivity index (χ1n) is 9.62. The van der Waals surface area contributed by atoms with Crippen molar-refractivity contribution in [2.75, 3.05) is 19.7 Å². The number of β-amino-alcohol motifs (C(OH)–C–C–N with tert-alkyl or cyclic N) is 1. The third-order valence-corrected chi connectivity index (χ3v) is 6.50. The number of hydrogen-bond donors (Lipinski definition) is 2. The number of benzene rings is 1. The Hall–Kier alpha value is -2.21. The third kappa shape index (κ3) is 2.61. The minimum atomic E-state index is -0.417. The van der Waals surface area contributed by atoms with Crippen LogP contribution in [0.25, 0.3) is 5.65 Å². The van der Waals surface area contributed by atoms with E-state index in [9.17, 15) is 10.2 Å². The molecule has 2 N–H and O–H groups in total. The van der Waals surface area contributed by atoms with Crippen LogP contribution >= 0.6 is 0 Å². The molecule has 5 heteroatoms. The molecule has 1 saturated heterocycles. The zero-order valence-electron chi connectivity index (χ0n) is 15.5. The van der Waals surface area contributed by atoms with Crippen LogP contribution in [0, 0.1) is 18.3 Å². The maximum absolute atomic E-state index is 10.9. The minimum Gasteiger partial charge on any atom is -0.396 e. The van der Waals surface area contributed by atoms with E-state index < -0.39 is 6.10 Å². The molecule has 0 radical (unpaired) electrons. The van der Waals surface area contributed by atoms with Gasteiger partial charge in [-0.25, -0.2) is 4.98 Å². The van der Waals surface area contributed by atoms with Gasteiger partial charge in [-0.1, -0.05) is 36.4 Å². The second-order valence-electron chi connectivity index (χ2n) is 8.18. The van der Waals surface area contributed by atoms with Crippen LogP contribution in [0.3, 0.4) is 0 Å². The van der Waals surface area contributed by atoms with E-state index in [0.29, 0.717) is 6.54 Å². The average molecular weight is 363 g/mol. The summed E-state index contributed by atoms with van der Waals surface area (Å²) in [4.78, 5) is 7.00. The lowest BCUT2D eigenvalue weighted by atomic mass is 9.95. The van der Waals surface area contributed by atoms with Crippen LogP contribution in [-0.4, -0.2) is 50.3 Å². The van der Waals surface area contributed by atoms with Crippen molar-refractivity contribution in [1.29, 1.82) is 0 Å². The summed E-state index contributed by atoms with van der Waals surface area (Å²) in [7, 11) is 0. The fraction of sp³-hybridized carbons (Fsp3) is 0.409. The molecule has 1 spiro atoms. The van der Waals surface area contributed by atoms with E-state index in [0.717, 1.165) is 24.4 Å². The number of aliphatic hydroxyl groups excluding tert-OH is 2. The molecule has 3 aromatic rings. The number of aryl methyl sites for hydroxylation is 1.